The maximum Gasteiger partial charge on any atom is -0.00207 e. The third-order valence-electron chi connectivity index (χ3n) is 3.20. The van der Waals surface area contributed by atoms with E-state index in [-0.39, 0.29) is 0 Å². The second-order valence-corrected chi connectivity index (χ2v) is 3.91. The second-order valence-electron chi connectivity index (χ2n) is 3.91. The van der Waals surface area contributed by atoms with Crippen LogP contribution in [0.4, 0.5) is 0 Å². The highest BCUT2D eigenvalue weighted by Gasteiger charge is 2.43. The molecule has 0 spiro atoms. The minimum Gasteiger partial charge on any atom is -0.319 e. The van der Waals surface area contributed by atoms with Crippen molar-refractivity contribution in [3.63, 3.8) is 0 Å². The molecule has 1 N–H and O–H groups in total. The molecule has 2 aliphatic carbocycles. The van der Waals surface area contributed by atoms with Crippen LogP contribution in [0.2, 0.25) is 0 Å². The van der Waals surface area contributed by atoms with Crippen LogP contribution in [0.25, 0.3) is 0 Å². The van der Waals surface area contributed by atoms with Crippen LogP contribution >= 0.6 is 0 Å². The first-order valence-electron chi connectivity index (χ1n) is 4.56. The number of hydrogen-bond donors (Lipinski definition) is 1. The van der Waals surface area contributed by atoms with Gasteiger partial charge in [-0.3, -0.25) is 0 Å². The number of hydrogen-bond acceptors (Lipinski definition) is 1. The van der Waals surface area contributed by atoms with Gasteiger partial charge in [0.2, 0.25) is 0 Å². The van der Waals surface area contributed by atoms with Crippen molar-refractivity contribution < 1.29 is 0 Å². The lowest BCUT2D eigenvalue weighted by atomic mass is 9.81. The zero-order chi connectivity index (χ0) is 6.97. The summed E-state index contributed by atoms with van der Waals surface area (Å²) in [5.74, 6) is 3.31. The van der Waals surface area contributed by atoms with E-state index in [0.29, 0.717) is 0 Å². The molecule has 0 saturated heterocycles. The minimum atomic E-state index is 1.05. The summed E-state index contributed by atoms with van der Waals surface area (Å²) in [4.78, 5) is 0. The predicted molar refractivity (Wildman–Crippen MR) is 42.9 cm³/mol. The van der Waals surface area contributed by atoms with Crippen LogP contribution in [0.1, 0.15) is 25.7 Å². The monoisotopic (exact) mass is 139 g/mol. The van der Waals surface area contributed by atoms with E-state index >= 15 is 0 Å². The van der Waals surface area contributed by atoms with Gasteiger partial charge in [-0.2, -0.15) is 0 Å². The number of rotatable bonds is 3. The lowest BCUT2D eigenvalue weighted by Gasteiger charge is -2.25. The highest BCUT2D eigenvalue weighted by Crippen LogP contribution is 2.51. The summed E-state index contributed by atoms with van der Waals surface area (Å²) >= 11 is 0. The average Bonchev–Trinajstić information content (AvgIpc) is 2.44. The normalized spacial score (nSPS) is 39.3. The second kappa shape index (κ2) is 2.54. The van der Waals surface area contributed by atoms with Crippen LogP contribution in [-0.4, -0.2) is 13.6 Å². The predicted octanol–water partition coefficient (Wildman–Crippen LogP) is 1.64. The summed E-state index contributed by atoms with van der Waals surface area (Å²) in [6.45, 7) is 1.27. The number of nitrogens with one attached hydrogen (secondary N) is 1. The Labute approximate surface area is 63.2 Å². The van der Waals surface area contributed by atoms with Gasteiger partial charge in [-0.25, -0.2) is 0 Å². The summed E-state index contributed by atoms with van der Waals surface area (Å²) in [6.07, 6.45) is 6.09. The molecule has 10 heavy (non-hydrogen) atoms. The fraction of sp³-hybridized carbons (Fsp3) is 1.00. The molecule has 0 amide bonds. The van der Waals surface area contributed by atoms with Crippen molar-refractivity contribution in [3.05, 3.63) is 0 Å². The maximum atomic E-state index is 3.26. The zero-order valence-electron chi connectivity index (χ0n) is 6.77. The largest absolute Gasteiger partial charge is 0.319 e. The van der Waals surface area contributed by atoms with Gasteiger partial charge in [0.1, 0.15) is 0 Å². The molecule has 2 rings (SSSR count). The molecule has 1 nitrogen and oxygen atoms in total. The van der Waals surface area contributed by atoms with Gasteiger partial charge >= 0.3 is 0 Å². The van der Waals surface area contributed by atoms with Gasteiger partial charge in [0, 0.05) is 0 Å². The Hall–Kier alpha value is -0.0400. The topological polar surface area (TPSA) is 12.0 Å². The van der Waals surface area contributed by atoms with E-state index in [0.717, 1.165) is 17.8 Å². The van der Waals surface area contributed by atoms with Gasteiger partial charge in [0.05, 0.1) is 0 Å². The third-order valence-corrected chi connectivity index (χ3v) is 3.20. The van der Waals surface area contributed by atoms with E-state index in [9.17, 15) is 0 Å². The molecule has 2 fully saturated rings. The SMILES string of the molecule is CNCC1CC1C1CCC1. The van der Waals surface area contributed by atoms with Gasteiger partial charge in [-0.05, 0) is 37.8 Å². The Kier molecular flexibility index (Phi) is 1.69. The molecule has 1 heteroatoms. The summed E-state index contributed by atoms with van der Waals surface area (Å²) in [5, 5.41) is 3.26. The fourth-order valence-corrected chi connectivity index (χ4v) is 2.21. The van der Waals surface area contributed by atoms with Crippen molar-refractivity contribution in [2.75, 3.05) is 13.6 Å². The minimum absolute atomic E-state index is 1.05. The quantitative estimate of drug-likeness (QED) is 0.627. The Morgan fingerprint density at radius 1 is 1.40 bits per heavy atom. The Bertz CT molecular complexity index is 118. The van der Waals surface area contributed by atoms with Gasteiger partial charge in [0.15, 0.2) is 0 Å². The van der Waals surface area contributed by atoms with Crippen LogP contribution in [0, 0.1) is 17.8 Å². The van der Waals surface area contributed by atoms with E-state index in [1.807, 2.05) is 0 Å². The standard InChI is InChI=1S/C9H17N/c1-10-6-8-5-9(8)7-3-2-4-7/h7-10H,2-6H2,1H3. The van der Waals surface area contributed by atoms with Crippen molar-refractivity contribution in [1.29, 1.82) is 0 Å². The van der Waals surface area contributed by atoms with E-state index in [1.165, 1.54) is 32.2 Å². The molecule has 0 heterocycles. The first-order valence-corrected chi connectivity index (χ1v) is 4.56. The van der Waals surface area contributed by atoms with Crippen LogP contribution in [0.3, 0.4) is 0 Å². The molecular formula is C9H17N. The highest BCUT2D eigenvalue weighted by atomic mass is 14.8. The summed E-state index contributed by atoms with van der Waals surface area (Å²) < 4.78 is 0. The van der Waals surface area contributed by atoms with Gasteiger partial charge in [-0.15, -0.1) is 0 Å². The van der Waals surface area contributed by atoms with E-state index < -0.39 is 0 Å². The lowest BCUT2D eigenvalue weighted by Crippen LogP contribution is -2.17. The molecule has 0 aliphatic heterocycles. The van der Waals surface area contributed by atoms with Crippen molar-refractivity contribution in [2.24, 2.45) is 17.8 Å². The average molecular weight is 139 g/mol. The van der Waals surface area contributed by atoms with Crippen LogP contribution in [0.5, 0.6) is 0 Å². The Morgan fingerprint density at radius 2 is 2.20 bits per heavy atom. The summed E-state index contributed by atoms with van der Waals surface area (Å²) in [6, 6.07) is 0. The van der Waals surface area contributed by atoms with E-state index in [4.69, 9.17) is 0 Å². The molecule has 2 atom stereocenters. The van der Waals surface area contributed by atoms with Crippen molar-refractivity contribution >= 4 is 0 Å². The molecule has 0 radical (unpaired) electrons. The molecule has 0 aromatic carbocycles. The van der Waals surface area contributed by atoms with Gasteiger partial charge in [0.25, 0.3) is 0 Å². The zero-order valence-corrected chi connectivity index (χ0v) is 6.77. The van der Waals surface area contributed by atoms with Crippen molar-refractivity contribution in [3.8, 4) is 0 Å². The van der Waals surface area contributed by atoms with Gasteiger partial charge in [-0.1, -0.05) is 19.3 Å². The Morgan fingerprint density at radius 3 is 2.70 bits per heavy atom. The maximum absolute atomic E-state index is 3.26. The fourth-order valence-electron chi connectivity index (χ4n) is 2.21. The summed E-state index contributed by atoms with van der Waals surface area (Å²) in [7, 11) is 2.07. The highest BCUT2D eigenvalue weighted by molar-refractivity contribution is 4.94. The molecule has 2 unspecified atom stereocenters. The Balaban J connectivity index is 1.68. The molecule has 0 aromatic heterocycles. The van der Waals surface area contributed by atoms with Crippen LogP contribution in [-0.2, 0) is 0 Å². The van der Waals surface area contributed by atoms with E-state index in [1.54, 1.807) is 0 Å². The molecule has 0 bridgehead atoms. The first kappa shape index (κ1) is 6.66. The van der Waals surface area contributed by atoms with Gasteiger partial charge < -0.3 is 5.32 Å². The molecule has 58 valence electrons. The van der Waals surface area contributed by atoms with Crippen LogP contribution in [0.15, 0.2) is 0 Å². The molecule has 2 saturated carbocycles. The smallest absolute Gasteiger partial charge is 0.00207 e. The van der Waals surface area contributed by atoms with Crippen molar-refractivity contribution in [1.82, 2.24) is 5.32 Å². The molecular weight excluding hydrogens is 122 g/mol. The third kappa shape index (κ3) is 1.07. The van der Waals surface area contributed by atoms with Crippen LogP contribution < -0.4 is 5.32 Å². The molecule has 0 aromatic rings. The first-order chi connectivity index (χ1) is 4.92. The lowest BCUT2D eigenvalue weighted by molar-refractivity contribution is 0.265. The molecule has 2 aliphatic rings. The van der Waals surface area contributed by atoms with E-state index in [2.05, 4.69) is 12.4 Å². The van der Waals surface area contributed by atoms with Crippen molar-refractivity contribution in [2.45, 2.75) is 25.7 Å². The summed E-state index contributed by atoms with van der Waals surface area (Å²) in [5.41, 5.74) is 0.